The van der Waals surface area contributed by atoms with E-state index in [9.17, 15) is 0 Å². The summed E-state index contributed by atoms with van der Waals surface area (Å²) in [6.07, 6.45) is 9.89. The summed E-state index contributed by atoms with van der Waals surface area (Å²) < 4.78 is 5.85. The maximum absolute atomic E-state index is 5.85. The van der Waals surface area contributed by atoms with Gasteiger partial charge in [-0.05, 0) is 37.6 Å². The number of nitrogens with one attached hydrogen (secondary N) is 1. The van der Waals surface area contributed by atoms with Gasteiger partial charge < -0.3 is 10.1 Å². The van der Waals surface area contributed by atoms with Crippen LogP contribution in [-0.2, 0) is 4.74 Å². The summed E-state index contributed by atoms with van der Waals surface area (Å²) in [7, 11) is 0. The number of thiocarbonyl (C=S) groups is 1. The van der Waals surface area contributed by atoms with Gasteiger partial charge in [-0.1, -0.05) is 24.4 Å². The van der Waals surface area contributed by atoms with Crippen molar-refractivity contribution in [2.24, 2.45) is 0 Å². The van der Waals surface area contributed by atoms with Crippen LogP contribution in [0.25, 0.3) is 0 Å². The van der Waals surface area contributed by atoms with Gasteiger partial charge in [-0.15, -0.1) is 0 Å². The molecule has 1 N–H and O–H groups in total. The maximum Gasteiger partial charge on any atom is 0.0720 e. The van der Waals surface area contributed by atoms with Crippen LogP contribution in [0.2, 0.25) is 0 Å². The molecule has 1 fully saturated rings. The second kappa shape index (κ2) is 5.54. The van der Waals surface area contributed by atoms with Gasteiger partial charge in [0.1, 0.15) is 0 Å². The second-order valence-corrected chi connectivity index (χ2v) is 4.58. The zero-order valence-corrected chi connectivity index (χ0v) is 9.69. The molecule has 0 bridgehead atoms. The lowest BCUT2D eigenvalue weighted by molar-refractivity contribution is 0.0487. The Morgan fingerprint density at radius 2 is 2.20 bits per heavy atom. The van der Waals surface area contributed by atoms with Crippen molar-refractivity contribution in [3.05, 3.63) is 23.8 Å². The highest BCUT2D eigenvalue weighted by atomic mass is 32.1. The van der Waals surface area contributed by atoms with Gasteiger partial charge >= 0.3 is 0 Å². The molecule has 1 heterocycles. The highest BCUT2D eigenvalue weighted by molar-refractivity contribution is 7.80. The van der Waals surface area contributed by atoms with Crippen LogP contribution in [0.3, 0.4) is 0 Å². The third-order valence-corrected chi connectivity index (χ3v) is 3.05. The Morgan fingerprint density at radius 3 is 2.93 bits per heavy atom. The lowest BCUT2D eigenvalue weighted by Crippen LogP contribution is -2.32. The molecule has 0 saturated carbocycles. The van der Waals surface area contributed by atoms with E-state index in [-0.39, 0.29) is 0 Å². The lowest BCUT2D eigenvalue weighted by Gasteiger charge is -2.23. The quantitative estimate of drug-likeness (QED) is 0.740. The summed E-state index contributed by atoms with van der Waals surface area (Å²) in [5, 5.41) is 3.33. The lowest BCUT2D eigenvalue weighted by atomic mass is 10.1. The van der Waals surface area contributed by atoms with Crippen LogP contribution in [-0.4, -0.2) is 30.7 Å². The Kier molecular flexibility index (Phi) is 4.06. The molecule has 0 atom stereocenters. The van der Waals surface area contributed by atoms with Crippen molar-refractivity contribution in [3.8, 4) is 0 Å². The normalized spacial score (nSPS) is 22.9. The third kappa shape index (κ3) is 3.52. The Labute approximate surface area is 96.4 Å². The highest BCUT2D eigenvalue weighted by Gasteiger charge is 2.13. The first kappa shape index (κ1) is 11.0. The fraction of sp³-hybridized carbons (Fsp3) is 0.583. The molecule has 0 aromatic rings. The Balaban J connectivity index is 1.77. The number of allylic oxidation sites excluding steroid dienone is 2. The minimum atomic E-state index is 0.427. The first-order valence-electron chi connectivity index (χ1n) is 5.57. The van der Waals surface area contributed by atoms with E-state index in [0.29, 0.717) is 12.7 Å². The van der Waals surface area contributed by atoms with Crippen LogP contribution in [0.4, 0.5) is 0 Å². The molecule has 1 saturated heterocycles. The Bertz CT molecular complexity index is 290. The van der Waals surface area contributed by atoms with E-state index in [1.807, 2.05) is 0 Å². The van der Waals surface area contributed by atoms with Gasteiger partial charge in [0.15, 0.2) is 0 Å². The van der Waals surface area contributed by atoms with Crippen molar-refractivity contribution in [2.45, 2.75) is 25.4 Å². The first-order chi connectivity index (χ1) is 7.34. The Morgan fingerprint density at radius 1 is 1.40 bits per heavy atom. The number of rotatable bonds is 3. The van der Waals surface area contributed by atoms with Gasteiger partial charge in [0, 0.05) is 11.3 Å². The van der Waals surface area contributed by atoms with E-state index in [1.165, 1.54) is 5.57 Å². The molecule has 0 aromatic carbocycles. The molecule has 2 aliphatic rings. The topological polar surface area (TPSA) is 21.3 Å². The summed E-state index contributed by atoms with van der Waals surface area (Å²) >= 11 is 5.16. The molecule has 15 heavy (non-hydrogen) atoms. The SMILES string of the molecule is S=C1C=C(COC2CCNCC2)C=CC1. The van der Waals surface area contributed by atoms with E-state index in [1.54, 1.807) is 0 Å². The van der Waals surface area contributed by atoms with Crippen LogP contribution in [0.15, 0.2) is 23.8 Å². The summed E-state index contributed by atoms with van der Waals surface area (Å²) in [4.78, 5) is 1.02. The van der Waals surface area contributed by atoms with Crippen molar-refractivity contribution >= 4 is 17.1 Å². The third-order valence-electron chi connectivity index (χ3n) is 2.77. The van der Waals surface area contributed by atoms with Crippen LogP contribution < -0.4 is 5.32 Å². The number of hydrogen-bond acceptors (Lipinski definition) is 3. The molecule has 0 unspecified atom stereocenters. The van der Waals surface area contributed by atoms with Crippen LogP contribution in [0.5, 0.6) is 0 Å². The van der Waals surface area contributed by atoms with Crippen LogP contribution in [0, 0.1) is 0 Å². The van der Waals surface area contributed by atoms with E-state index < -0.39 is 0 Å². The molecule has 1 aliphatic carbocycles. The Hall–Kier alpha value is -0.510. The first-order valence-corrected chi connectivity index (χ1v) is 5.98. The monoisotopic (exact) mass is 223 g/mol. The number of hydrogen-bond donors (Lipinski definition) is 1. The smallest absolute Gasteiger partial charge is 0.0720 e. The molecule has 2 rings (SSSR count). The molecule has 0 radical (unpaired) electrons. The second-order valence-electron chi connectivity index (χ2n) is 4.05. The van der Waals surface area contributed by atoms with Gasteiger partial charge in [-0.2, -0.15) is 0 Å². The van der Waals surface area contributed by atoms with Crippen molar-refractivity contribution in [1.82, 2.24) is 5.32 Å². The van der Waals surface area contributed by atoms with Crippen molar-refractivity contribution < 1.29 is 4.74 Å². The highest BCUT2D eigenvalue weighted by Crippen LogP contribution is 2.13. The minimum absolute atomic E-state index is 0.427. The summed E-state index contributed by atoms with van der Waals surface area (Å²) in [5.41, 5.74) is 1.21. The molecule has 82 valence electrons. The van der Waals surface area contributed by atoms with Gasteiger partial charge in [-0.3, -0.25) is 0 Å². The fourth-order valence-corrected chi connectivity index (χ4v) is 2.15. The number of piperidine rings is 1. The summed E-state index contributed by atoms with van der Waals surface area (Å²) in [6, 6.07) is 0. The van der Waals surface area contributed by atoms with Crippen molar-refractivity contribution in [1.29, 1.82) is 0 Å². The predicted molar refractivity (Wildman–Crippen MR) is 66.3 cm³/mol. The molecule has 0 aromatic heterocycles. The van der Waals surface area contributed by atoms with Crippen LogP contribution in [0.1, 0.15) is 19.3 Å². The largest absolute Gasteiger partial charge is 0.373 e. The van der Waals surface area contributed by atoms with E-state index in [4.69, 9.17) is 17.0 Å². The maximum atomic E-state index is 5.85. The molecule has 0 spiro atoms. The molecule has 0 amide bonds. The van der Waals surface area contributed by atoms with E-state index in [2.05, 4.69) is 23.5 Å². The molecular weight excluding hydrogens is 206 g/mol. The average Bonchev–Trinajstić information content (AvgIpc) is 2.28. The van der Waals surface area contributed by atoms with Gasteiger partial charge in [0.2, 0.25) is 0 Å². The minimum Gasteiger partial charge on any atom is -0.373 e. The molecule has 1 aliphatic heterocycles. The standard InChI is InChI=1S/C12H17NOS/c15-12-3-1-2-10(8-12)9-14-11-4-6-13-7-5-11/h1-2,8,11,13H,3-7,9H2. The summed E-state index contributed by atoms with van der Waals surface area (Å²) in [5.74, 6) is 0. The van der Waals surface area contributed by atoms with Crippen LogP contribution >= 0.6 is 12.2 Å². The molecular formula is C12H17NOS. The zero-order chi connectivity index (χ0) is 10.5. The summed E-state index contributed by atoms with van der Waals surface area (Å²) in [6.45, 7) is 2.87. The number of ether oxygens (including phenoxy) is 1. The molecule has 2 nitrogen and oxygen atoms in total. The predicted octanol–water partition coefficient (Wildman–Crippen LogP) is 2.01. The van der Waals surface area contributed by atoms with Crippen molar-refractivity contribution in [3.63, 3.8) is 0 Å². The van der Waals surface area contributed by atoms with Gasteiger partial charge in [0.25, 0.3) is 0 Å². The zero-order valence-electron chi connectivity index (χ0n) is 8.87. The average molecular weight is 223 g/mol. The molecule has 3 heteroatoms. The van der Waals surface area contributed by atoms with Gasteiger partial charge in [0.05, 0.1) is 12.7 Å². The fourth-order valence-electron chi connectivity index (χ4n) is 1.91. The van der Waals surface area contributed by atoms with Crippen molar-refractivity contribution in [2.75, 3.05) is 19.7 Å². The van der Waals surface area contributed by atoms with E-state index >= 15 is 0 Å². The van der Waals surface area contributed by atoms with E-state index in [0.717, 1.165) is 37.2 Å². The van der Waals surface area contributed by atoms with Gasteiger partial charge in [-0.25, -0.2) is 0 Å².